The molecule has 0 spiro atoms. The van der Waals surface area contributed by atoms with Crippen molar-refractivity contribution >= 4 is 38.2 Å². The average molecular weight is 333 g/mol. The third-order valence-electron chi connectivity index (χ3n) is 3.30. The first kappa shape index (κ1) is 14.8. The molecule has 1 heterocycles. The van der Waals surface area contributed by atoms with Crippen LogP contribution in [0.2, 0.25) is 5.15 Å². The van der Waals surface area contributed by atoms with E-state index in [4.69, 9.17) is 11.6 Å². The van der Waals surface area contributed by atoms with Gasteiger partial charge in [0.25, 0.3) is 10.0 Å². The van der Waals surface area contributed by atoms with Crippen LogP contribution in [-0.4, -0.2) is 13.4 Å². The summed E-state index contributed by atoms with van der Waals surface area (Å²) in [6.07, 6.45) is 0. The van der Waals surface area contributed by atoms with E-state index >= 15 is 0 Å². The third kappa shape index (κ3) is 2.77. The van der Waals surface area contributed by atoms with Crippen LogP contribution in [0.5, 0.6) is 0 Å². The normalized spacial score (nSPS) is 11.5. The number of halogens is 1. The molecule has 0 saturated heterocycles. The smallest absolute Gasteiger partial charge is 0.262 e. The third-order valence-corrected chi connectivity index (χ3v) is 5.12. The first-order valence-electron chi connectivity index (χ1n) is 6.61. The minimum absolute atomic E-state index is 0.121. The maximum absolute atomic E-state index is 12.5. The van der Waals surface area contributed by atoms with Crippen LogP contribution >= 0.6 is 11.6 Å². The minimum Gasteiger partial charge on any atom is -0.276 e. The number of fused-ring (bicyclic) bond motifs is 1. The number of hydrogen-bond donors (Lipinski definition) is 1. The zero-order valence-corrected chi connectivity index (χ0v) is 13.3. The molecule has 112 valence electrons. The largest absolute Gasteiger partial charge is 0.276 e. The van der Waals surface area contributed by atoms with Gasteiger partial charge in [-0.15, -0.1) is 0 Å². The monoisotopic (exact) mass is 332 g/mol. The molecule has 1 N–H and O–H groups in total. The number of aromatic nitrogens is 1. The van der Waals surface area contributed by atoms with Gasteiger partial charge in [-0.05, 0) is 30.7 Å². The Morgan fingerprint density at radius 2 is 1.73 bits per heavy atom. The molecule has 0 amide bonds. The Morgan fingerprint density at radius 1 is 1.05 bits per heavy atom. The molecule has 1 aromatic heterocycles. The maximum atomic E-state index is 12.5. The summed E-state index contributed by atoms with van der Waals surface area (Å²) in [5, 5.41) is 0.935. The minimum atomic E-state index is -3.71. The van der Waals surface area contributed by atoms with Crippen molar-refractivity contribution in [1.29, 1.82) is 0 Å². The Balaban J connectivity index is 2.06. The lowest BCUT2D eigenvalue weighted by Gasteiger charge is -2.11. The lowest BCUT2D eigenvalue weighted by Crippen LogP contribution is -2.14. The summed E-state index contributed by atoms with van der Waals surface area (Å²) in [6.45, 7) is 1.74. The molecule has 0 aliphatic heterocycles. The van der Waals surface area contributed by atoms with Crippen LogP contribution in [0.15, 0.2) is 59.5 Å². The Bertz CT molecular complexity index is 955. The quantitative estimate of drug-likeness (QED) is 0.737. The molecule has 3 aromatic rings. The summed E-state index contributed by atoms with van der Waals surface area (Å²) >= 11 is 6.10. The molecule has 4 nitrogen and oxygen atoms in total. The van der Waals surface area contributed by atoms with Crippen molar-refractivity contribution in [3.8, 4) is 0 Å². The Morgan fingerprint density at radius 3 is 2.50 bits per heavy atom. The van der Waals surface area contributed by atoms with E-state index < -0.39 is 10.0 Å². The average Bonchev–Trinajstić information content (AvgIpc) is 2.48. The predicted molar refractivity (Wildman–Crippen MR) is 88.7 cm³/mol. The molecule has 0 saturated carbocycles. The number of rotatable bonds is 3. The van der Waals surface area contributed by atoms with Gasteiger partial charge in [0.2, 0.25) is 0 Å². The lowest BCUT2D eigenvalue weighted by atomic mass is 10.2. The van der Waals surface area contributed by atoms with Gasteiger partial charge in [-0.25, -0.2) is 13.4 Å². The first-order chi connectivity index (χ1) is 10.5. The van der Waals surface area contributed by atoms with Gasteiger partial charge in [0.05, 0.1) is 16.1 Å². The zero-order chi connectivity index (χ0) is 15.7. The molecule has 0 bridgehead atoms. The van der Waals surface area contributed by atoms with E-state index in [0.717, 1.165) is 5.39 Å². The van der Waals surface area contributed by atoms with Crippen molar-refractivity contribution < 1.29 is 8.42 Å². The molecule has 0 unspecified atom stereocenters. The summed E-state index contributed by atoms with van der Waals surface area (Å²) in [4.78, 5) is 4.44. The highest BCUT2D eigenvalue weighted by Gasteiger charge is 2.18. The summed E-state index contributed by atoms with van der Waals surface area (Å²) in [5.74, 6) is 0. The molecule has 0 aliphatic carbocycles. The first-order valence-corrected chi connectivity index (χ1v) is 8.47. The second kappa shape index (κ2) is 5.59. The summed E-state index contributed by atoms with van der Waals surface area (Å²) in [7, 11) is -3.71. The Kier molecular flexibility index (Phi) is 3.76. The molecule has 2 aromatic carbocycles. The number of benzene rings is 2. The molecule has 0 aliphatic rings. The Labute approximate surface area is 133 Å². The summed E-state index contributed by atoms with van der Waals surface area (Å²) in [6, 6.07) is 15.8. The number of pyridine rings is 1. The van der Waals surface area contributed by atoms with Gasteiger partial charge in [0.1, 0.15) is 0 Å². The van der Waals surface area contributed by atoms with Gasteiger partial charge < -0.3 is 0 Å². The van der Waals surface area contributed by atoms with Crippen LogP contribution in [0, 0.1) is 6.92 Å². The number of hydrogen-bond acceptors (Lipinski definition) is 3. The second-order valence-corrected chi connectivity index (χ2v) is 6.90. The van der Waals surface area contributed by atoms with Gasteiger partial charge in [-0.2, -0.15) is 0 Å². The molecule has 0 atom stereocenters. The van der Waals surface area contributed by atoms with Crippen LogP contribution in [0.1, 0.15) is 5.56 Å². The number of anilines is 1. The van der Waals surface area contributed by atoms with Crippen molar-refractivity contribution in [2.45, 2.75) is 11.8 Å². The van der Waals surface area contributed by atoms with E-state index in [1.54, 1.807) is 37.3 Å². The number of nitrogens with zero attached hydrogens (tertiary/aromatic N) is 1. The van der Waals surface area contributed by atoms with Gasteiger partial charge >= 0.3 is 0 Å². The number of sulfonamides is 1. The van der Waals surface area contributed by atoms with E-state index in [-0.39, 0.29) is 15.7 Å². The fourth-order valence-corrected chi connectivity index (χ4v) is 3.78. The van der Waals surface area contributed by atoms with Crippen molar-refractivity contribution in [1.82, 2.24) is 4.98 Å². The molecule has 0 radical (unpaired) electrons. The van der Waals surface area contributed by atoms with Crippen molar-refractivity contribution in [2.24, 2.45) is 0 Å². The van der Waals surface area contributed by atoms with Crippen molar-refractivity contribution in [3.05, 3.63) is 65.3 Å². The van der Waals surface area contributed by atoms with E-state index in [1.807, 2.05) is 24.3 Å². The maximum Gasteiger partial charge on any atom is 0.262 e. The highest BCUT2D eigenvalue weighted by Crippen LogP contribution is 2.27. The van der Waals surface area contributed by atoms with E-state index in [9.17, 15) is 8.42 Å². The highest BCUT2D eigenvalue weighted by molar-refractivity contribution is 7.92. The predicted octanol–water partition coefficient (Wildman–Crippen LogP) is 4.00. The van der Waals surface area contributed by atoms with Gasteiger partial charge in [-0.3, -0.25) is 4.72 Å². The number of aryl methyl sites for hydroxylation is 1. The molecular formula is C16H13ClN2O2S. The van der Waals surface area contributed by atoms with Crippen LogP contribution in [0.3, 0.4) is 0 Å². The van der Waals surface area contributed by atoms with E-state index in [0.29, 0.717) is 11.1 Å². The van der Waals surface area contributed by atoms with Crippen LogP contribution < -0.4 is 4.72 Å². The zero-order valence-electron chi connectivity index (χ0n) is 11.7. The molecule has 3 rings (SSSR count). The van der Waals surface area contributed by atoms with Crippen LogP contribution in [0.25, 0.3) is 10.9 Å². The number of nitrogens with one attached hydrogen (secondary N) is 1. The fourth-order valence-electron chi connectivity index (χ4n) is 2.22. The fraction of sp³-hybridized carbons (Fsp3) is 0.0625. The standard InChI is InChI=1S/C16H13ClN2O2S/c1-11-6-2-5-9-15(11)22(20,21)19-14-10-12-7-3-4-8-13(12)18-16(14)17/h2-10,19H,1H3. The van der Waals surface area contributed by atoms with Crippen molar-refractivity contribution in [3.63, 3.8) is 0 Å². The lowest BCUT2D eigenvalue weighted by molar-refractivity contribution is 0.600. The highest BCUT2D eigenvalue weighted by atomic mass is 35.5. The molecule has 22 heavy (non-hydrogen) atoms. The SMILES string of the molecule is Cc1ccccc1S(=O)(=O)Nc1cc2ccccc2nc1Cl. The second-order valence-electron chi connectivity index (χ2n) is 4.89. The topological polar surface area (TPSA) is 59.1 Å². The van der Waals surface area contributed by atoms with Crippen molar-refractivity contribution in [2.75, 3.05) is 4.72 Å². The van der Waals surface area contributed by atoms with E-state index in [1.165, 1.54) is 0 Å². The molecule has 6 heteroatoms. The Hall–Kier alpha value is -2.11. The number of para-hydroxylation sites is 1. The summed E-state index contributed by atoms with van der Waals surface area (Å²) < 4.78 is 27.5. The van der Waals surface area contributed by atoms with Gasteiger partial charge in [0.15, 0.2) is 5.15 Å². The van der Waals surface area contributed by atoms with Gasteiger partial charge in [-0.1, -0.05) is 48.0 Å². The van der Waals surface area contributed by atoms with Crippen LogP contribution in [-0.2, 0) is 10.0 Å². The molecular weight excluding hydrogens is 320 g/mol. The van der Waals surface area contributed by atoms with E-state index in [2.05, 4.69) is 9.71 Å². The van der Waals surface area contributed by atoms with Crippen LogP contribution in [0.4, 0.5) is 5.69 Å². The molecule has 0 fully saturated rings. The van der Waals surface area contributed by atoms with Gasteiger partial charge in [0, 0.05) is 5.39 Å². The summed E-state index contributed by atoms with van der Waals surface area (Å²) in [5.41, 5.74) is 1.65.